The molecule has 1 atom stereocenters. The van der Waals surface area contributed by atoms with Crippen LogP contribution in [0, 0.1) is 0 Å². The lowest BCUT2D eigenvalue weighted by Gasteiger charge is -2.09. The zero-order valence-corrected chi connectivity index (χ0v) is 7.25. The topological polar surface area (TPSA) is 107 Å². The maximum absolute atomic E-state index is 10.9. The highest BCUT2D eigenvalue weighted by Gasteiger charge is 2.07. The van der Waals surface area contributed by atoms with Gasteiger partial charge in [-0.3, -0.25) is 4.79 Å². The fraction of sp³-hybridized carbons (Fsp3) is 0.857. The summed E-state index contributed by atoms with van der Waals surface area (Å²) < 4.78 is 0. The largest absolute Gasteiger partial charge is 0.344 e. The SMILES string of the molecule is NCCC[C@@H](N)CC(=O)NC[15NH2]. The highest BCUT2D eigenvalue weighted by molar-refractivity contribution is 5.76. The Hall–Kier alpha value is -0.650. The van der Waals surface area contributed by atoms with Crippen LogP contribution in [-0.4, -0.2) is 25.2 Å². The van der Waals surface area contributed by atoms with Crippen molar-refractivity contribution in [3.05, 3.63) is 0 Å². The molecule has 72 valence electrons. The van der Waals surface area contributed by atoms with Gasteiger partial charge in [0.2, 0.25) is 5.91 Å². The van der Waals surface area contributed by atoms with Crippen LogP contribution in [-0.2, 0) is 4.79 Å². The molecule has 0 heterocycles. The maximum Gasteiger partial charge on any atom is 0.222 e. The molecule has 0 bridgehead atoms. The van der Waals surface area contributed by atoms with Gasteiger partial charge in [-0.1, -0.05) is 0 Å². The minimum Gasteiger partial charge on any atom is -0.344 e. The second-order valence-corrected chi connectivity index (χ2v) is 2.70. The van der Waals surface area contributed by atoms with Crippen molar-refractivity contribution in [3.63, 3.8) is 0 Å². The summed E-state index contributed by atoms with van der Waals surface area (Å²) in [7, 11) is 0. The summed E-state index contributed by atoms with van der Waals surface area (Å²) in [5.41, 5.74) is 16.0. The van der Waals surface area contributed by atoms with E-state index < -0.39 is 0 Å². The van der Waals surface area contributed by atoms with Gasteiger partial charge in [-0.25, -0.2) is 0 Å². The fourth-order valence-corrected chi connectivity index (χ4v) is 0.906. The van der Waals surface area contributed by atoms with Crippen molar-refractivity contribution in [2.24, 2.45) is 17.2 Å². The molecule has 0 rings (SSSR count). The summed E-state index contributed by atoms with van der Waals surface area (Å²) in [6, 6.07) is -0.0971. The minimum absolute atomic E-state index is 0.0954. The molecule has 0 unspecified atom stereocenters. The Morgan fingerprint density at radius 3 is 2.58 bits per heavy atom. The first-order chi connectivity index (χ1) is 5.70. The summed E-state index contributed by atoms with van der Waals surface area (Å²) >= 11 is 0. The highest BCUT2D eigenvalue weighted by atomic mass is 16.1. The van der Waals surface area contributed by atoms with Crippen LogP contribution in [0.1, 0.15) is 19.3 Å². The molecule has 0 aromatic carbocycles. The van der Waals surface area contributed by atoms with Gasteiger partial charge < -0.3 is 22.5 Å². The number of nitrogens with two attached hydrogens (primary N) is 3. The molecular formula is C7H18N4O. The smallest absolute Gasteiger partial charge is 0.222 e. The van der Waals surface area contributed by atoms with Crippen LogP contribution in [0.4, 0.5) is 0 Å². The van der Waals surface area contributed by atoms with E-state index in [1.165, 1.54) is 0 Å². The number of carbonyl (C=O) groups excluding carboxylic acids is 1. The normalized spacial score (nSPS) is 12.6. The Kier molecular flexibility index (Phi) is 6.64. The lowest BCUT2D eigenvalue weighted by atomic mass is 10.1. The average Bonchev–Trinajstić information content (AvgIpc) is 2.01. The third kappa shape index (κ3) is 6.09. The van der Waals surface area contributed by atoms with Gasteiger partial charge in [0.25, 0.3) is 0 Å². The number of hydrogen-bond donors (Lipinski definition) is 4. The van der Waals surface area contributed by atoms with Gasteiger partial charge in [0.1, 0.15) is 0 Å². The number of hydrogen-bond acceptors (Lipinski definition) is 4. The van der Waals surface area contributed by atoms with Crippen molar-refractivity contribution in [3.8, 4) is 0 Å². The zero-order chi connectivity index (χ0) is 9.40. The molecule has 1 amide bonds. The summed E-state index contributed by atoms with van der Waals surface area (Å²) in [6.45, 7) is 0.786. The quantitative estimate of drug-likeness (QED) is 0.290. The number of nitrogens with one attached hydrogen (secondary N) is 1. The van der Waals surface area contributed by atoms with Gasteiger partial charge in [0.05, 0.1) is 6.67 Å². The van der Waals surface area contributed by atoms with E-state index >= 15 is 0 Å². The summed E-state index contributed by atoms with van der Waals surface area (Å²) in [5.74, 6) is -0.0954. The molecule has 0 aliphatic rings. The molecule has 5 nitrogen and oxygen atoms in total. The van der Waals surface area contributed by atoms with E-state index in [0.717, 1.165) is 12.8 Å². The van der Waals surface area contributed by atoms with E-state index in [1.807, 2.05) is 0 Å². The first-order valence-electron chi connectivity index (χ1n) is 4.13. The standard InChI is InChI=1S/C7H18N4O/c8-3-1-2-6(10)4-7(12)11-5-9/h6H,1-5,8-10H2,(H,11,12)/t6-/m1/s1/i9+1. The molecule has 12 heavy (non-hydrogen) atoms. The number of carbonyl (C=O) groups is 1. The lowest BCUT2D eigenvalue weighted by Crippen LogP contribution is -2.34. The van der Waals surface area contributed by atoms with Crippen molar-refractivity contribution >= 4 is 5.91 Å². The third-order valence-corrected chi connectivity index (χ3v) is 1.53. The van der Waals surface area contributed by atoms with E-state index in [4.69, 9.17) is 17.2 Å². The van der Waals surface area contributed by atoms with Crippen molar-refractivity contribution < 1.29 is 4.79 Å². The molecule has 7 N–H and O–H groups in total. The van der Waals surface area contributed by atoms with Crippen molar-refractivity contribution in [2.45, 2.75) is 25.3 Å². The van der Waals surface area contributed by atoms with E-state index in [2.05, 4.69) is 5.32 Å². The van der Waals surface area contributed by atoms with Gasteiger partial charge in [-0.05, 0) is 19.4 Å². The molecule has 0 saturated heterocycles. The molecule has 0 aromatic heterocycles. The summed E-state index contributed by atoms with van der Waals surface area (Å²) in [4.78, 5) is 10.9. The average molecular weight is 175 g/mol. The van der Waals surface area contributed by atoms with Crippen molar-refractivity contribution in [1.82, 2.24) is 5.32 Å². The van der Waals surface area contributed by atoms with E-state index in [-0.39, 0.29) is 18.6 Å². The van der Waals surface area contributed by atoms with Gasteiger partial charge >= 0.3 is 0 Å². The molecular weight excluding hydrogens is 157 g/mol. The molecule has 0 radical (unpaired) electrons. The Bertz CT molecular complexity index is 129. The van der Waals surface area contributed by atoms with Gasteiger partial charge in [0.15, 0.2) is 0 Å². The molecule has 0 aliphatic carbocycles. The molecule has 5 heteroatoms. The molecule has 0 aromatic rings. The van der Waals surface area contributed by atoms with Gasteiger partial charge in [-0.2, -0.15) is 0 Å². The zero-order valence-electron chi connectivity index (χ0n) is 7.25. The maximum atomic E-state index is 10.9. The Morgan fingerprint density at radius 1 is 1.42 bits per heavy atom. The highest BCUT2D eigenvalue weighted by Crippen LogP contribution is 1.97. The van der Waals surface area contributed by atoms with Crippen LogP contribution in [0.25, 0.3) is 0 Å². The second-order valence-electron chi connectivity index (χ2n) is 2.70. The lowest BCUT2D eigenvalue weighted by molar-refractivity contribution is -0.121. The van der Waals surface area contributed by atoms with Gasteiger partial charge in [0, 0.05) is 12.5 Å². The summed E-state index contributed by atoms with van der Waals surface area (Å²) in [5, 5.41) is 2.48. The predicted octanol–water partition coefficient (Wildman–Crippen LogP) is -1.52. The van der Waals surface area contributed by atoms with Crippen LogP contribution in [0.5, 0.6) is 0 Å². The molecule has 0 fully saturated rings. The number of rotatable bonds is 6. The van der Waals surface area contributed by atoms with Crippen LogP contribution < -0.4 is 22.5 Å². The van der Waals surface area contributed by atoms with Crippen molar-refractivity contribution in [1.29, 1.82) is 0 Å². The fourth-order valence-electron chi connectivity index (χ4n) is 0.906. The van der Waals surface area contributed by atoms with E-state index in [0.29, 0.717) is 13.0 Å². The molecule has 0 aliphatic heterocycles. The van der Waals surface area contributed by atoms with Crippen LogP contribution in [0.15, 0.2) is 0 Å². The van der Waals surface area contributed by atoms with Gasteiger partial charge in [-0.15, -0.1) is 0 Å². The Balaban J connectivity index is 3.40. The first-order valence-corrected chi connectivity index (χ1v) is 4.13. The molecule has 0 saturated carbocycles. The van der Waals surface area contributed by atoms with E-state index in [9.17, 15) is 4.79 Å². The second kappa shape index (κ2) is 7.02. The Labute approximate surface area is 72.7 Å². The van der Waals surface area contributed by atoms with Crippen molar-refractivity contribution in [2.75, 3.05) is 13.2 Å². The first kappa shape index (κ1) is 11.4. The van der Waals surface area contributed by atoms with E-state index in [1.54, 1.807) is 0 Å². The Morgan fingerprint density at radius 2 is 2.08 bits per heavy atom. The van der Waals surface area contributed by atoms with Crippen LogP contribution in [0.3, 0.4) is 0 Å². The minimum atomic E-state index is -0.0971. The monoisotopic (exact) mass is 175 g/mol. The third-order valence-electron chi connectivity index (χ3n) is 1.53. The molecule has 0 spiro atoms. The number of amides is 1. The summed E-state index contributed by atoms with van der Waals surface area (Å²) in [6.07, 6.45) is 1.97. The van der Waals surface area contributed by atoms with Crippen LogP contribution in [0.2, 0.25) is 0 Å². The predicted molar refractivity (Wildman–Crippen MR) is 48.1 cm³/mol. The van der Waals surface area contributed by atoms with Crippen LogP contribution >= 0.6 is 0 Å².